The average molecular weight is 267 g/mol. The summed E-state index contributed by atoms with van der Waals surface area (Å²) in [5.41, 5.74) is 0. The molecule has 1 aromatic rings. The lowest BCUT2D eigenvalue weighted by molar-refractivity contribution is -1.01. The summed E-state index contributed by atoms with van der Waals surface area (Å²) in [4.78, 5) is 14.9. The van der Waals surface area contributed by atoms with Crippen LogP contribution in [0.3, 0.4) is 0 Å². The summed E-state index contributed by atoms with van der Waals surface area (Å²) in [7, 11) is 0. The number of hydrogen-bond donors (Lipinski definition) is 3. The van der Waals surface area contributed by atoms with Crippen LogP contribution < -0.4 is 15.1 Å². The molecule has 0 atom stereocenters. The van der Waals surface area contributed by atoms with Gasteiger partial charge in [0, 0.05) is 0 Å². The summed E-state index contributed by atoms with van der Waals surface area (Å²) in [5, 5.41) is 2.91. The van der Waals surface area contributed by atoms with Crippen LogP contribution in [0.1, 0.15) is 19.1 Å². The number of piperazine rings is 1. The van der Waals surface area contributed by atoms with Crippen molar-refractivity contribution in [3.63, 3.8) is 0 Å². The number of carbonyl (C=O) groups excluding carboxylic acids is 1. The third-order valence-corrected chi connectivity index (χ3v) is 3.72. The van der Waals surface area contributed by atoms with Crippen LogP contribution in [0, 0.1) is 0 Å². The third kappa shape index (κ3) is 4.69. The molecule has 3 N–H and O–H groups in total. The largest absolute Gasteiger partial charge is 0.467 e. The van der Waals surface area contributed by atoms with Crippen molar-refractivity contribution in [1.82, 2.24) is 5.32 Å². The minimum Gasteiger partial charge on any atom is -0.467 e. The first-order valence-electron chi connectivity index (χ1n) is 7.24. The SMILES string of the molecule is CCC[NH+]1CC[NH+](CC(=O)NCc2ccco2)CC1. The highest BCUT2D eigenvalue weighted by Crippen LogP contribution is 1.97. The van der Waals surface area contributed by atoms with Gasteiger partial charge in [-0.05, 0) is 18.6 Å². The molecule has 0 saturated carbocycles. The summed E-state index contributed by atoms with van der Waals surface area (Å²) in [6.45, 7) is 9.15. The molecule has 5 heteroatoms. The molecular formula is C14H25N3O2+2. The number of quaternary nitrogens is 2. The molecule has 106 valence electrons. The quantitative estimate of drug-likeness (QED) is 0.563. The second-order valence-electron chi connectivity index (χ2n) is 5.28. The van der Waals surface area contributed by atoms with Gasteiger partial charge in [-0.25, -0.2) is 0 Å². The van der Waals surface area contributed by atoms with E-state index in [0.29, 0.717) is 13.1 Å². The summed E-state index contributed by atoms with van der Waals surface area (Å²) in [6.07, 6.45) is 2.87. The Morgan fingerprint density at radius 2 is 2.05 bits per heavy atom. The van der Waals surface area contributed by atoms with E-state index in [-0.39, 0.29) is 5.91 Å². The van der Waals surface area contributed by atoms with Crippen LogP contribution >= 0.6 is 0 Å². The normalized spacial score (nSPS) is 23.2. The van der Waals surface area contributed by atoms with E-state index in [0.717, 1.165) is 18.8 Å². The van der Waals surface area contributed by atoms with Gasteiger partial charge < -0.3 is 19.5 Å². The zero-order valence-electron chi connectivity index (χ0n) is 11.7. The Morgan fingerprint density at radius 1 is 1.32 bits per heavy atom. The van der Waals surface area contributed by atoms with Crippen LogP contribution in [0.4, 0.5) is 0 Å². The molecule has 0 unspecified atom stereocenters. The summed E-state index contributed by atoms with van der Waals surface area (Å²) in [5.74, 6) is 0.922. The van der Waals surface area contributed by atoms with Crippen molar-refractivity contribution in [2.45, 2.75) is 19.9 Å². The fraction of sp³-hybridized carbons (Fsp3) is 0.643. The Labute approximate surface area is 114 Å². The Bertz CT molecular complexity index is 370. The minimum atomic E-state index is 0.116. The minimum absolute atomic E-state index is 0.116. The van der Waals surface area contributed by atoms with Gasteiger partial charge in [0.1, 0.15) is 31.9 Å². The van der Waals surface area contributed by atoms with Gasteiger partial charge in [0.2, 0.25) is 0 Å². The summed E-state index contributed by atoms with van der Waals surface area (Å²) >= 11 is 0. The van der Waals surface area contributed by atoms with Crippen molar-refractivity contribution in [2.24, 2.45) is 0 Å². The lowest BCUT2D eigenvalue weighted by Crippen LogP contribution is -3.28. The van der Waals surface area contributed by atoms with Crippen molar-refractivity contribution in [3.8, 4) is 0 Å². The second kappa shape index (κ2) is 7.31. The number of carbonyl (C=O) groups is 1. The number of nitrogens with one attached hydrogen (secondary N) is 3. The smallest absolute Gasteiger partial charge is 0.275 e. The highest BCUT2D eigenvalue weighted by Gasteiger charge is 2.23. The molecular weight excluding hydrogens is 242 g/mol. The van der Waals surface area contributed by atoms with Gasteiger partial charge >= 0.3 is 0 Å². The molecule has 2 heterocycles. The zero-order chi connectivity index (χ0) is 13.5. The van der Waals surface area contributed by atoms with Crippen LogP contribution in [0.15, 0.2) is 22.8 Å². The van der Waals surface area contributed by atoms with Crippen LogP contribution in [-0.4, -0.2) is 45.2 Å². The first kappa shape index (κ1) is 14.1. The van der Waals surface area contributed by atoms with E-state index in [1.807, 2.05) is 12.1 Å². The van der Waals surface area contributed by atoms with Gasteiger partial charge in [0.25, 0.3) is 5.91 Å². The van der Waals surface area contributed by atoms with E-state index < -0.39 is 0 Å². The maximum Gasteiger partial charge on any atom is 0.275 e. The molecule has 1 fully saturated rings. The molecule has 2 rings (SSSR count). The molecule has 1 amide bonds. The molecule has 1 aliphatic heterocycles. The highest BCUT2D eigenvalue weighted by molar-refractivity contribution is 5.76. The van der Waals surface area contributed by atoms with E-state index in [2.05, 4.69) is 12.2 Å². The number of hydrogen-bond acceptors (Lipinski definition) is 2. The molecule has 0 spiro atoms. The standard InChI is InChI=1S/C14H23N3O2/c1-2-5-16-6-8-17(9-7-16)12-14(18)15-11-13-4-3-10-19-13/h3-4,10H,2,5-9,11-12H2,1H3,(H,15,18)/p+2. The first-order chi connectivity index (χ1) is 9.28. The van der Waals surface area contributed by atoms with Gasteiger partial charge in [-0.2, -0.15) is 0 Å². The van der Waals surface area contributed by atoms with Crippen molar-refractivity contribution in [3.05, 3.63) is 24.2 Å². The van der Waals surface area contributed by atoms with Gasteiger partial charge in [-0.15, -0.1) is 0 Å². The third-order valence-electron chi connectivity index (χ3n) is 3.72. The fourth-order valence-electron chi connectivity index (χ4n) is 2.63. The maximum atomic E-state index is 11.8. The lowest BCUT2D eigenvalue weighted by Gasteiger charge is -2.29. The molecule has 1 aliphatic rings. The first-order valence-corrected chi connectivity index (χ1v) is 7.24. The molecule has 5 nitrogen and oxygen atoms in total. The summed E-state index contributed by atoms with van der Waals surface area (Å²) in [6, 6.07) is 3.71. The van der Waals surface area contributed by atoms with Crippen molar-refractivity contribution in [1.29, 1.82) is 0 Å². The topological polar surface area (TPSA) is 51.1 Å². The molecule has 1 aromatic heterocycles. The van der Waals surface area contributed by atoms with E-state index in [9.17, 15) is 4.79 Å². The number of furan rings is 1. The van der Waals surface area contributed by atoms with Crippen molar-refractivity contribution < 1.29 is 19.0 Å². The van der Waals surface area contributed by atoms with Gasteiger partial charge in [0.15, 0.2) is 6.54 Å². The van der Waals surface area contributed by atoms with E-state index >= 15 is 0 Å². The Hall–Kier alpha value is -1.33. The van der Waals surface area contributed by atoms with Gasteiger partial charge in [0.05, 0.1) is 19.4 Å². The molecule has 0 aromatic carbocycles. The summed E-state index contributed by atoms with van der Waals surface area (Å²) < 4.78 is 5.19. The van der Waals surface area contributed by atoms with E-state index in [1.54, 1.807) is 11.2 Å². The Morgan fingerprint density at radius 3 is 2.68 bits per heavy atom. The maximum absolute atomic E-state index is 11.8. The molecule has 0 radical (unpaired) electrons. The zero-order valence-corrected chi connectivity index (χ0v) is 11.7. The predicted molar refractivity (Wildman–Crippen MR) is 72.0 cm³/mol. The average Bonchev–Trinajstić information content (AvgIpc) is 2.92. The Balaban J connectivity index is 1.63. The Kier molecular flexibility index (Phi) is 5.42. The molecule has 0 bridgehead atoms. The van der Waals surface area contributed by atoms with Crippen molar-refractivity contribution in [2.75, 3.05) is 39.3 Å². The van der Waals surface area contributed by atoms with Crippen LogP contribution in [0.5, 0.6) is 0 Å². The molecule has 19 heavy (non-hydrogen) atoms. The van der Waals surface area contributed by atoms with E-state index in [4.69, 9.17) is 4.42 Å². The fourth-order valence-corrected chi connectivity index (χ4v) is 2.63. The monoisotopic (exact) mass is 267 g/mol. The van der Waals surface area contributed by atoms with Crippen LogP contribution in [-0.2, 0) is 11.3 Å². The van der Waals surface area contributed by atoms with Gasteiger partial charge in [-0.3, -0.25) is 4.79 Å². The lowest BCUT2D eigenvalue weighted by atomic mass is 10.3. The molecule has 1 saturated heterocycles. The van der Waals surface area contributed by atoms with Gasteiger partial charge in [-0.1, -0.05) is 6.92 Å². The highest BCUT2D eigenvalue weighted by atomic mass is 16.3. The second-order valence-corrected chi connectivity index (χ2v) is 5.28. The predicted octanol–water partition coefficient (Wildman–Crippen LogP) is -1.91. The van der Waals surface area contributed by atoms with Crippen LogP contribution in [0.2, 0.25) is 0 Å². The molecule has 0 aliphatic carbocycles. The number of amides is 1. The van der Waals surface area contributed by atoms with Crippen LogP contribution in [0.25, 0.3) is 0 Å². The van der Waals surface area contributed by atoms with E-state index in [1.165, 1.54) is 31.0 Å². The number of rotatable bonds is 6. The van der Waals surface area contributed by atoms with Crippen molar-refractivity contribution >= 4 is 5.91 Å².